The minimum Gasteiger partial charge on any atom is -0.333 e. The van der Waals surface area contributed by atoms with Gasteiger partial charge >= 0.3 is 0 Å². The van der Waals surface area contributed by atoms with Crippen molar-refractivity contribution in [3.05, 3.63) is 102 Å². The second-order valence-electron chi connectivity index (χ2n) is 10.2. The molecule has 202 valence electrons. The van der Waals surface area contributed by atoms with Crippen molar-refractivity contribution >= 4 is 32.5 Å². The van der Waals surface area contributed by atoms with E-state index in [9.17, 15) is 17.6 Å². The summed E-state index contributed by atoms with van der Waals surface area (Å²) in [5.41, 5.74) is 2.31. The highest BCUT2D eigenvalue weighted by Gasteiger charge is 2.33. The van der Waals surface area contributed by atoms with Gasteiger partial charge in [-0.2, -0.15) is 0 Å². The maximum Gasteiger partial charge on any atom is 0.264 e. The molecule has 1 aliphatic heterocycles. The van der Waals surface area contributed by atoms with Crippen molar-refractivity contribution in [2.45, 2.75) is 31.3 Å². The van der Waals surface area contributed by atoms with E-state index in [-0.39, 0.29) is 28.6 Å². The predicted octanol–water partition coefficient (Wildman–Crippen LogP) is 5.16. The van der Waals surface area contributed by atoms with Gasteiger partial charge in [0, 0.05) is 55.1 Å². The van der Waals surface area contributed by atoms with Crippen molar-refractivity contribution < 1.29 is 17.6 Å². The first-order valence-corrected chi connectivity index (χ1v) is 14.4. The van der Waals surface area contributed by atoms with Gasteiger partial charge in [0.05, 0.1) is 5.52 Å². The fourth-order valence-electron chi connectivity index (χ4n) is 5.03. The molecule has 3 aromatic carbocycles. The molecule has 1 aliphatic rings. The quantitative estimate of drug-likeness (QED) is 0.346. The summed E-state index contributed by atoms with van der Waals surface area (Å²) in [5, 5.41) is 0.735. The average molecular weight is 547 g/mol. The van der Waals surface area contributed by atoms with Crippen LogP contribution in [0.1, 0.15) is 29.8 Å². The molecule has 1 aromatic heterocycles. The van der Waals surface area contributed by atoms with Crippen LogP contribution in [0.3, 0.4) is 0 Å². The molecule has 0 unspecified atom stereocenters. The molecule has 7 nitrogen and oxygen atoms in total. The van der Waals surface area contributed by atoms with Crippen LogP contribution in [0.5, 0.6) is 0 Å². The number of para-hydroxylation sites is 1. The minimum absolute atomic E-state index is 0.0174. The molecule has 9 heteroatoms. The number of sulfonamides is 1. The molecule has 1 saturated heterocycles. The maximum absolute atomic E-state index is 13.5. The number of amides is 1. The Morgan fingerprint density at radius 2 is 1.72 bits per heavy atom. The Kier molecular flexibility index (Phi) is 7.63. The molecule has 0 bridgehead atoms. The zero-order valence-corrected chi connectivity index (χ0v) is 22.7. The topological polar surface area (TPSA) is 82.6 Å². The molecule has 0 radical (unpaired) electrons. The SMILES string of the molecule is CC(C)[C@H]1CN(Cc2ccc(F)cc2)CCN1C(=O)c1ccc(NS(=O)(=O)c2cccc3cccnc23)cc1. The lowest BCUT2D eigenvalue weighted by atomic mass is 9.98. The van der Waals surface area contributed by atoms with Crippen LogP contribution in [0.4, 0.5) is 10.1 Å². The van der Waals surface area contributed by atoms with Gasteiger partial charge < -0.3 is 4.90 Å². The van der Waals surface area contributed by atoms with E-state index in [1.807, 2.05) is 17.0 Å². The number of nitrogens with zero attached hydrogens (tertiary/aromatic N) is 3. The molecule has 0 aliphatic carbocycles. The number of rotatable bonds is 7. The number of hydrogen-bond donors (Lipinski definition) is 1. The fraction of sp³-hybridized carbons (Fsp3) is 0.267. The van der Waals surface area contributed by atoms with Crippen molar-refractivity contribution in [1.82, 2.24) is 14.8 Å². The Bertz CT molecular complexity index is 1570. The monoisotopic (exact) mass is 546 g/mol. The Balaban J connectivity index is 1.28. The van der Waals surface area contributed by atoms with Gasteiger partial charge in [-0.3, -0.25) is 19.4 Å². The standard InChI is InChI=1S/C30H31FN4O3S/c1-21(2)27-20-34(19-22-8-12-25(31)13-9-22)17-18-35(27)30(36)24-10-14-26(15-11-24)33-39(37,38)28-7-3-5-23-6-4-16-32-29(23)28/h3-16,21,27,33H,17-20H2,1-2H3/t27-/m1/s1. The number of pyridine rings is 1. The van der Waals surface area contributed by atoms with E-state index in [0.717, 1.165) is 17.5 Å². The number of hydrogen-bond acceptors (Lipinski definition) is 5. The molecule has 1 amide bonds. The number of fused-ring (bicyclic) bond motifs is 1. The molecule has 1 atom stereocenters. The summed E-state index contributed by atoms with van der Waals surface area (Å²) >= 11 is 0. The summed E-state index contributed by atoms with van der Waals surface area (Å²) in [7, 11) is -3.88. The Morgan fingerprint density at radius 1 is 1.00 bits per heavy atom. The first-order valence-electron chi connectivity index (χ1n) is 13.0. The van der Waals surface area contributed by atoms with Crippen LogP contribution in [-0.4, -0.2) is 54.8 Å². The van der Waals surface area contributed by atoms with Crippen LogP contribution in [0.2, 0.25) is 0 Å². The third-order valence-electron chi connectivity index (χ3n) is 7.12. The third-order valence-corrected chi connectivity index (χ3v) is 8.53. The van der Waals surface area contributed by atoms with Gasteiger partial charge in [0.25, 0.3) is 15.9 Å². The van der Waals surface area contributed by atoms with Crippen molar-refractivity contribution in [1.29, 1.82) is 0 Å². The molecular formula is C30H31FN4O3S. The predicted molar refractivity (Wildman–Crippen MR) is 150 cm³/mol. The Hall–Kier alpha value is -3.82. The van der Waals surface area contributed by atoms with Gasteiger partial charge in [0.15, 0.2) is 0 Å². The molecule has 5 rings (SSSR count). The highest BCUT2D eigenvalue weighted by molar-refractivity contribution is 7.93. The number of carbonyl (C=O) groups excluding carboxylic acids is 1. The molecule has 1 fully saturated rings. The number of halogens is 1. The second-order valence-corrected chi connectivity index (χ2v) is 11.8. The first-order chi connectivity index (χ1) is 18.7. The van der Waals surface area contributed by atoms with Crippen molar-refractivity contribution in [2.24, 2.45) is 5.92 Å². The molecule has 0 spiro atoms. The minimum atomic E-state index is -3.88. The van der Waals surface area contributed by atoms with Crippen LogP contribution in [0, 0.1) is 11.7 Å². The van der Waals surface area contributed by atoms with E-state index in [0.29, 0.717) is 36.4 Å². The van der Waals surface area contributed by atoms with Gasteiger partial charge in [-0.1, -0.05) is 44.2 Å². The largest absolute Gasteiger partial charge is 0.333 e. The molecule has 1 N–H and O–H groups in total. The number of piperazine rings is 1. The Morgan fingerprint density at radius 3 is 2.44 bits per heavy atom. The number of nitrogens with one attached hydrogen (secondary N) is 1. The van der Waals surface area contributed by atoms with Crippen LogP contribution >= 0.6 is 0 Å². The number of anilines is 1. The van der Waals surface area contributed by atoms with Gasteiger partial charge in [0.1, 0.15) is 10.7 Å². The van der Waals surface area contributed by atoms with E-state index < -0.39 is 10.0 Å². The summed E-state index contributed by atoms with van der Waals surface area (Å²) < 4.78 is 42.1. The highest BCUT2D eigenvalue weighted by Crippen LogP contribution is 2.25. The average Bonchev–Trinajstić information content (AvgIpc) is 2.94. The lowest BCUT2D eigenvalue weighted by Crippen LogP contribution is -2.56. The van der Waals surface area contributed by atoms with Crippen molar-refractivity contribution in [2.75, 3.05) is 24.4 Å². The number of carbonyl (C=O) groups is 1. The van der Waals surface area contributed by atoms with E-state index in [2.05, 4.69) is 28.5 Å². The molecule has 0 saturated carbocycles. The van der Waals surface area contributed by atoms with Gasteiger partial charge in [0.2, 0.25) is 0 Å². The van der Waals surface area contributed by atoms with E-state index in [4.69, 9.17) is 0 Å². The molecule has 4 aromatic rings. The van der Waals surface area contributed by atoms with Crippen LogP contribution in [-0.2, 0) is 16.6 Å². The fourth-order valence-corrected chi connectivity index (χ4v) is 6.27. The Labute approximate surface area is 228 Å². The lowest BCUT2D eigenvalue weighted by Gasteiger charge is -2.43. The van der Waals surface area contributed by atoms with Crippen LogP contribution < -0.4 is 4.72 Å². The molecular weight excluding hydrogens is 515 g/mol. The third kappa shape index (κ3) is 5.94. The molecule has 39 heavy (non-hydrogen) atoms. The van der Waals surface area contributed by atoms with Crippen molar-refractivity contribution in [3.63, 3.8) is 0 Å². The normalized spacial score (nSPS) is 16.5. The van der Waals surface area contributed by atoms with Gasteiger partial charge in [-0.15, -0.1) is 0 Å². The number of aromatic nitrogens is 1. The summed E-state index contributed by atoms with van der Waals surface area (Å²) in [5.74, 6) is -0.0910. The summed E-state index contributed by atoms with van der Waals surface area (Å²) in [6.07, 6.45) is 1.56. The van der Waals surface area contributed by atoms with E-state index >= 15 is 0 Å². The lowest BCUT2D eigenvalue weighted by molar-refractivity contribution is 0.0328. The number of benzene rings is 3. The second kappa shape index (κ2) is 11.1. The van der Waals surface area contributed by atoms with Gasteiger partial charge in [-0.25, -0.2) is 12.8 Å². The summed E-state index contributed by atoms with van der Waals surface area (Å²) in [6, 6.07) is 21.7. The smallest absolute Gasteiger partial charge is 0.264 e. The first kappa shape index (κ1) is 26.8. The zero-order chi connectivity index (χ0) is 27.6. The highest BCUT2D eigenvalue weighted by atomic mass is 32.2. The van der Waals surface area contributed by atoms with Crippen LogP contribution in [0.25, 0.3) is 10.9 Å². The summed E-state index contributed by atoms with van der Waals surface area (Å²) in [4.78, 5) is 22.0. The zero-order valence-electron chi connectivity index (χ0n) is 21.9. The van der Waals surface area contributed by atoms with Crippen molar-refractivity contribution in [3.8, 4) is 0 Å². The van der Waals surface area contributed by atoms with Gasteiger partial charge in [-0.05, 0) is 60.0 Å². The molecule has 2 heterocycles. The summed E-state index contributed by atoms with van der Waals surface area (Å²) in [6.45, 7) is 6.91. The maximum atomic E-state index is 13.5. The van der Waals surface area contributed by atoms with E-state index in [1.54, 1.807) is 54.7 Å². The van der Waals surface area contributed by atoms with E-state index in [1.165, 1.54) is 18.2 Å². The van der Waals surface area contributed by atoms with Crippen LogP contribution in [0.15, 0.2) is 90.0 Å².